The number of aromatic hydroxyl groups is 1. The van der Waals surface area contributed by atoms with Crippen molar-refractivity contribution in [2.24, 2.45) is 4.99 Å². The minimum atomic E-state index is -0.0395. The number of carbonyl (C=O) groups excluding carboxylic acids is 1. The lowest BCUT2D eigenvalue weighted by molar-refractivity contribution is 0.0633. The van der Waals surface area contributed by atoms with Crippen molar-refractivity contribution in [1.29, 1.82) is 0 Å². The van der Waals surface area contributed by atoms with E-state index in [1.54, 1.807) is 36.5 Å². The summed E-state index contributed by atoms with van der Waals surface area (Å²) < 4.78 is 2.05. The van der Waals surface area contributed by atoms with Gasteiger partial charge in [-0.05, 0) is 42.5 Å². The average molecular weight is 475 g/mol. The number of carbonyl (C=O) groups is 1. The first-order valence-corrected chi connectivity index (χ1v) is 11.3. The predicted molar refractivity (Wildman–Crippen MR) is 130 cm³/mol. The number of phenols is 1. The van der Waals surface area contributed by atoms with Crippen LogP contribution < -0.4 is 5.48 Å². The molecule has 3 heterocycles. The number of aromatic amines is 1. The second-order valence-corrected chi connectivity index (χ2v) is 8.36. The van der Waals surface area contributed by atoms with Crippen LogP contribution in [0.4, 0.5) is 5.69 Å². The number of H-pyrrole nitrogens is 1. The number of aromatic nitrogens is 4. The van der Waals surface area contributed by atoms with Crippen LogP contribution in [0, 0.1) is 0 Å². The molecule has 11 heteroatoms. The maximum absolute atomic E-state index is 13.2. The molecule has 11 nitrogen and oxygen atoms in total. The highest BCUT2D eigenvalue weighted by molar-refractivity contribution is 6.09. The molecule has 180 valence electrons. The van der Waals surface area contributed by atoms with Crippen molar-refractivity contribution in [3.63, 3.8) is 0 Å². The van der Waals surface area contributed by atoms with Gasteiger partial charge in [-0.25, -0.2) is 9.98 Å². The first-order chi connectivity index (χ1) is 17.1. The number of rotatable bonds is 6. The molecule has 1 fully saturated rings. The highest BCUT2D eigenvalue weighted by Gasteiger charge is 2.23. The number of phenolic OH excluding ortho intramolecular Hbond substituents is 1. The van der Waals surface area contributed by atoms with Gasteiger partial charge in [0.05, 0.1) is 17.5 Å². The van der Waals surface area contributed by atoms with Crippen molar-refractivity contribution in [1.82, 2.24) is 35.0 Å². The number of nitrogens with one attached hydrogen (secondary N) is 2. The zero-order valence-electron chi connectivity index (χ0n) is 19.0. The van der Waals surface area contributed by atoms with E-state index in [-0.39, 0.29) is 17.5 Å². The van der Waals surface area contributed by atoms with Crippen molar-refractivity contribution in [3.05, 3.63) is 72.4 Å². The molecule has 1 saturated heterocycles. The maximum Gasteiger partial charge on any atom is 0.253 e. The van der Waals surface area contributed by atoms with Gasteiger partial charge in [-0.3, -0.25) is 25.5 Å². The van der Waals surface area contributed by atoms with E-state index in [9.17, 15) is 15.1 Å². The SMILES string of the molecule is O=C(c1ccc2[nH]nc(C(=Nc3ccc(O)cc3)NO)c2c1)N1CCN(CCn2ccnc2)CC1. The van der Waals surface area contributed by atoms with E-state index < -0.39 is 0 Å². The average Bonchev–Trinajstić information content (AvgIpc) is 3.57. The summed E-state index contributed by atoms with van der Waals surface area (Å²) in [4.78, 5) is 25.9. The summed E-state index contributed by atoms with van der Waals surface area (Å²) >= 11 is 0. The van der Waals surface area contributed by atoms with E-state index in [4.69, 9.17) is 0 Å². The Bertz CT molecular complexity index is 1320. The van der Waals surface area contributed by atoms with Crippen molar-refractivity contribution >= 4 is 28.3 Å². The standard InChI is InChI=1S/C24H26N8O3/c33-19-4-2-18(3-5-19)26-23(29-35)22-20-15-17(1-6-21(20)27-28-22)24(34)32-13-11-30(12-14-32)9-10-31-8-7-25-16-31/h1-8,15-16,33,35H,9-14H2,(H,26,29)(H,27,28). The zero-order chi connectivity index (χ0) is 24.2. The zero-order valence-corrected chi connectivity index (χ0v) is 19.0. The van der Waals surface area contributed by atoms with Gasteiger partial charge in [0.15, 0.2) is 5.84 Å². The van der Waals surface area contributed by atoms with E-state index in [2.05, 4.69) is 35.1 Å². The molecule has 0 saturated carbocycles. The van der Waals surface area contributed by atoms with Crippen LogP contribution in [0.5, 0.6) is 5.75 Å². The molecule has 0 atom stereocenters. The maximum atomic E-state index is 13.2. The molecule has 2 aromatic heterocycles. The Morgan fingerprint density at radius 1 is 1.09 bits per heavy atom. The second kappa shape index (κ2) is 9.95. The molecule has 35 heavy (non-hydrogen) atoms. The van der Waals surface area contributed by atoms with Crippen molar-refractivity contribution in [3.8, 4) is 5.75 Å². The summed E-state index contributed by atoms with van der Waals surface area (Å²) in [5, 5.41) is 27.0. The molecule has 0 unspecified atom stereocenters. The first kappa shape index (κ1) is 22.6. The molecule has 4 aromatic rings. The number of nitrogens with zero attached hydrogens (tertiary/aromatic N) is 6. The van der Waals surface area contributed by atoms with Crippen molar-refractivity contribution in [2.45, 2.75) is 6.54 Å². The molecular weight excluding hydrogens is 448 g/mol. The van der Waals surface area contributed by atoms with Gasteiger partial charge in [0.2, 0.25) is 0 Å². The topological polar surface area (TPSA) is 135 Å². The van der Waals surface area contributed by atoms with Crippen LogP contribution >= 0.6 is 0 Å². The number of amides is 1. The Hall–Kier alpha value is -4.22. The van der Waals surface area contributed by atoms with E-state index in [1.165, 1.54) is 12.1 Å². The van der Waals surface area contributed by atoms with E-state index in [0.29, 0.717) is 35.4 Å². The van der Waals surface area contributed by atoms with Gasteiger partial charge in [-0.1, -0.05) is 0 Å². The smallest absolute Gasteiger partial charge is 0.253 e. The first-order valence-electron chi connectivity index (χ1n) is 11.3. The third-order valence-electron chi connectivity index (χ3n) is 6.12. The molecule has 1 amide bonds. The van der Waals surface area contributed by atoms with Gasteiger partial charge in [-0.2, -0.15) is 5.10 Å². The van der Waals surface area contributed by atoms with E-state index in [0.717, 1.165) is 31.7 Å². The molecule has 1 aliphatic rings. The lowest BCUT2D eigenvalue weighted by atomic mass is 10.1. The summed E-state index contributed by atoms with van der Waals surface area (Å²) in [6.07, 6.45) is 5.54. The summed E-state index contributed by atoms with van der Waals surface area (Å²) in [7, 11) is 0. The third kappa shape index (κ3) is 5.00. The molecule has 0 spiro atoms. The number of piperazine rings is 1. The fraction of sp³-hybridized carbons (Fsp3) is 0.250. The molecular formula is C24H26N8O3. The largest absolute Gasteiger partial charge is 0.508 e. The Morgan fingerprint density at radius 3 is 2.60 bits per heavy atom. The summed E-state index contributed by atoms with van der Waals surface area (Å²) in [5.41, 5.74) is 4.27. The fourth-order valence-electron chi connectivity index (χ4n) is 4.15. The van der Waals surface area contributed by atoms with Crippen LogP contribution in [0.2, 0.25) is 0 Å². The van der Waals surface area contributed by atoms with Crippen molar-refractivity contribution < 1.29 is 15.1 Å². The molecule has 0 radical (unpaired) electrons. The van der Waals surface area contributed by atoms with Gasteiger partial charge in [0.25, 0.3) is 5.91 Å². The van der Waals surface area contributed by atoms with Crippen molar-refractivity contribution in [2.75, 3.05) is 32.7 Å². The van der Waals surface area contributed by atoms with Gasteiger partial charge < -0.3 is 14.6 Å². The number of amidine groups is 1. The van der Waals surface area contributed by atoms with Gasteiger partial charge in [-0.15, -0.1) is 0 Å². The number of hydroxylamine groups is 1. The van der Waals surface area contributed by atoms with Crippen LogP contribution in [0.25, 0.3) is 10.9 Å². The molecule has 4 N–H and O–H groups in total. The van der Waals surface area contributed by atoms with Crippen LogP contribution in [-0.2, 0) is 6.54 Å². The summed E-state index contributed by atoms with van der Waals surface area (Å²) in [5.74, 6) is 0.204. The second-order valence-electron chi connectivity index (χ2n) is 8.36. The van der Waals surface area contributed by atoms with Gasteiger partial charge in [0.1, 0.15) is 11.4 Å². The van der Waals surface area contributed by atoms with E-state index in [1.807, 2.05) is 17.4 Å². The lowest BCUT2D eigenvalue weighted by Gasteiger charge is -2.34. The quantitative estimate of drug-likeness (QED) is 0.191. The van der Waals surface area contributed by atoms with Gasteiger partial charge >= 0.3 is 0 Å². The Labute approximate surface area is 201 Å². The van der Waals surface area contributed by atoms with Gasteiger partial charge in [0, 0.05) is 62.6 Å². The Balaban J connectivity index is 1.30. The highest BCUT2D eigenvalue weighted by Crippen LogP contribution is 2.22. The number of hydrogen-bond acceptors (Lipinski definition) is 7. The number of hydrogen-bond donors (Lipinski definition) is 4. The van der Waals surface area contributed by atoms with Crippen LogP contribution in [0.1, 0.15) is 16.1 Å². The monoisotopic (exact) mass is 474 g/mol. The lowest BCUT2D eigenvalue weighted by Crippen LogP contribution is -2.49. The molecule has 5 rings (SSSR count). The molecule has 2 aromatic carbocycles. The number of aliphatic imine (C=N–C) groups is 1. The molecule has 0 bridgehead atoms. The fourth-order valence-corrected chi connectivity index (χ4v) is 4.15. The predicted octanol–water partition coefficient (Wildman–Crippen LogP) is 1.98. The molecule has 1 aliphatic heterocycles. The van der Waals surface area contributed by atoms with Crippen LogP contribution in [0.3, 0.4) is 0 Å². The number of imidazole rings is 1. The Morgan fingerprint density at radius 2 is 1.89 bits per heavy atom. The minimum Gasteiger partial charge on any atom is -0.508 e. The Kier molecular flexibility index (Phi) is 6.42. The third-order valence-corrected chi connectivity index (χ3v) is 6.12. The highest BCUT2D eigenvalue weighted by atomic mass is 16.5. The normalized spacial score (nSPS) is 15.0. The summed E-state index contributed by atoms with van der Waals surface area (Å²) in [6, 6.07) is 11.6. The molecule has 0 aliphatic carbocycles. The number of fused-ring (bicyclic) bond motifs is 1. The minimum absolute atomic E-state index is 0.0395. The van der Waals surface area contributed by atoms with Crippen LogP contribution in [0.15, 0.2) is 66.2 Å². The van der Waals surface area contributed by atoms with E-state index >= 15 is 0 Å². The summed E-state index contributed by atoms with van der Waals surface area (Å²) in [6.45, 7) is 4.74. The van der Waals surface area contributed by atoms with Crippen LogP contribution in [-0.4, -0.2) is 84.3 Å². The number of benzene rings is 2.